The molecule has 3 heteroatoms. The van der Waals surface area contributed by atoms with E-state index in [1.54, 1.807) is 0 Å². The third-order valence-corrected chi connectivity index (χ3v) is 2.14. The van der Waals surface area contributed by atoms with E-state index in [2.05, 4.69) is 24.1 Å². The van der Waals surface area contributed by atoms with Gasteiger partial charge in [0.2, 0.25) is 0 Å². The van der Waals surface area contributed by atoms with Gasteiger partial charge in [-0.2, -0.15) is 0 Å². The van der Waals surface area contributed by atoms with Crippen LogP contribution in [-0.2, 0) is 0 Å². The van der Waals surface area contributed by atoms with E-state index in [9.17, 15) is 0 Å². The minimum absolute atomic E-state index is 0.436. The molecule has 0 fully saturated rings. The first kappa shape index (κ1) is 10.3. The first-order valence-corrected chi connectivity index (χ1v) is 4.90. The molecule has 0 aliphatic rings. The van der Waals surface area contributed by atoms with Crippen LogP contribution >= 0.6 is 11.6 Å². The second kappa shape index (κ2) is 4.47. The van der Waals surface area contributed by atoms with Crippen LogP contribution in [-0.4, -0.2) is 11.0 Å². The minimum atomic E-state index is 0.436. The van der Waals surface area contributed by atoms with Gasteiger partial charge in [-0.3, -0.25) is 0 Å². The van der Waals surface area contributed by atoms with Gasteiger partial charge in [-0.15, -0.1) is 0 Å². The summed E-state index contributed by atoms with van der Waals surface area (Å²) in [5.41, 5.74) is 1.13. The van der Waals surface area contributed by atoms with Crippen molar-refractivity contribution in [1.29, 1.82) is 0 Å². The molecule has 0 saturated heterocycles. The summed E-state index contributed by atoms with van der Waals surface area (Å²) in [5.74, 6) is 0.861. The van der Waals surface area contributed by atoms with Crippen molar-refractivity contribution in [2.45, 2.75) is 33.2 Å². The maximum atomic E-state index is 5.83. The second-order valence-corrected chi connectivity index (χ2v) is 3.69. The van der Waals surface area contributed by atoms with Gasteiger partial charge in [0.1, 0.15) is 11.0 Å². The molecule has 1 aromatic heterocycles. The highest BCUT2D eigenvalue weighted by molar-refractivity contribution is 6.29. The van der Waals surface area contributed by atoms with Crippen molar-refractivity contribution >= 4 is 17.4 Å². The molecule has 1 atom stereocenters. The van der Waals surface area contributed by atoms with Crippen molar-refractivity contribution in [2.24, 2.45) is 0 Å². The Bertz CT molecular complexity index is 266. The monoisotopic (exact) mass is 198 g/mol. The van der Waals surface area contributed by atoms with Gasteiger partial charge in [-0.05, 0) is 38.0 Å². The molecule has 0 aliphatic heterocycles. The van der Waals surface area contributed by atoms with E-state index >= 15 is 0 Å². The number of aryl methyl sites for hydroxylation is 1. The smallest absolute Gasteiger partial charge is 0.131 e. The molecular formula is C10H15ClN2. The SMILES string of the molecule is CCC(C)Nc1cc(C)cc(Cl)n1. The fraction of sp³-hybridized carbons (Fsp3) is 0.500. The third-order valence-electron chi connectivity index (χ3n) is 1.95. The van der Waals surface area contributed by atoms with E-state index < -0.39 is 0 Å². The van der Waals surface area contributed by atoms with Crippen molar-refractivity contribution in [3.63, 3.8) is 0 Å². The summed E-state index contributed by atoms with van der Waals surface area (Å²) in [7, 11) is 0. The lowest BCUT2D eigenvalue weighted by Crippen LogP contribution is -2.14. The van der Waals surface area contributed by atoms with Gasteiger partial charge >= 0.3 is 0 Å². The van der Waals surface area contributed by atoms with Crippen LogP contribution in [0.3, 0.4) is 0 Å². The Morgan fingerprint density at radius 2 is 2.23 bits per heavy atom. The maximum Gasteiger partial charge on any atom is 0.131 e. The summed E-state index contributed by atoms with van der Waals surface area (Å²) in [5, 5.41) is 3.82. The predicted molar refractivity (Wildman–Crippen MR) is 57.4 cm³/mol. The molecule has 1 unspecified atom stereocenters. The topological polar surface area (TPSA) is 24.9 Å². The van der Waals surface area contributed by atoms with Gasteiger partial charge in [-0.25, -0.2) is 4.98 Å². The van der Waals surface area contributed by atoms with Gasteiger partial charge in [-0.1, -0.05) is 18.5 Å². The normalized spacial score (nSPS) is 12.6. The Morgan fingerprint density at radius 3 is 2.77 bits per heavy atom. The highest BCUT2D eigenvalue weighted by Gasteiger charge is 2.01. The Labute approximate surface area is 84.3 Å². The Morgan fingerprint density at radius 1 is 1.54 bits per heavy atom. The van der Waals surface area contributed by atoms with Gasteiger partial charge in [0.05, 0.1) is 0 Å². The average molecular weight is 199 g/mol. The Balaban J connectivity index is 2.77. The molecule has 0 amide bonds. The van der Waals surface area contributed by atoms with Gasteiger partial charge in [0.15, 0.2) is 0 Å². The summed E-state index contributed by atoms with van der Waals surface area (Å²) >= 11 is 5.83. The van der Waals surface area contributed by atoms with Crippen LogP contribution in [0.2, 0.25) is 5.15 Å². The number of nitrogens with one attached hydrogen (secondary N) is 1. The summed E-state index contributed by atoms with van der Waals surface area (Å²) in [6, 6.07) is 4.28. The number of anilines is 1. The molecule has 1 N–H and O–H groups in total. The van der Waals surface area contributed by atoms with E-state index in [0.29, 0.717) is 11.2 Å². The molecule has 1 aromatic rings. The molecule has 1 heterocycles. The van der Waals surface area contributed by atoms with Crippen molar-refractivity contribution in [3.8, 4) is 0 Å². The largest absolute Gasteiger partial charge is 0.368 e. The van der Waals surface area contributed by atoms with E-state index in [-0.39, 0.29) is 0 Å². The molecule has 72 valence electrons. The Hall–Kier alpha value is -0.760. The van der Waals surface area contributed by atoms with Crippen molar-refractivity contribution in [3.05, 3.63) is 22.8 Å². The van der Waals surface area contributed by atoms with E-state index in [0.717, 1.165) is 17.8 Å². The lowest BCUT2D eigenvalue weighted by molar-refractivity contribution is 0.759. The quantitative estimate of drug-likeness (QED) is 0.755. The van der Waals surface area contributed by atoms with Gasteiger partial charge in [0.25, 0.3) is 0 Å². The van der Waals surface area contributed by atoms with E-state index in [1.165, 1.54) is 0 Å². The highest BCUT2D eigenvalue weighted by atomic mass is 35.5. The molecule has 2 nitrogen and oxygen atoms in total. The summed E-state index contributed by atoms with van der Waals surface area (Å²) in [6.07, 6.45) is 1.08. The van der Waals surface area contributed by atoms with Crippen LogP contribution < -0.4 is 5.32 Å². The molecular weight excluding hydrogens is 184 g/mol. The number of pyridine rings is 1. The predicted octanol–water partition coefficient (Wildman–Crippen LogP) is 3.25. The molecule has 0 bridgehead atoms. The molecule has 0 saturated carbocycles. The van der Waals surface area contributed by atoms with Crippen LogP contribution in [0.15, 0.2) is 12.1 Å². The number of halogens is 1. The average Bonchev–Trinajstić information content (AvgIpc) is 2.02. The molecule has 0 aromatic carbocycles. The van der Waals surface area contributed by atoms with Crippen LogP contribution in [0.1, 0.15) is 25.8 Å². The van der Waals surface area contributed by atoms with Crippen LogP contribution in [0.5, 0.6) is 0 Å². The van der Waals surface area contributed by atoms with Crippen molar-refractivity contribution in [2.75, 3.05) is 5.32 Å². The highest BCUT2D eigenvalue weighted by Crippen LogP contribution is 2.14. The minimum Gasteiger partial charge on any atom is -0.368 e. The third kappa shape index (κ3) is 3.23. The first-order valence-electron chi connectivity index (χ1n) is 4.52. The first-order chi connectivity index (χ1) is 6.11. The summed E-state index contributed by atoms with van der Waals surface area (Å²) in [6.45, 7) is 6.27. The number of hydrogen-bond donors (Lipinski definition) is 1. The standard InChI is InChI=1S/C10H15ClN2/c1-4-8(3)12-10-6-7(2)5-9(11)13-10/h5-6,8H,4H2,1-3H3,(H,12,13). The zero-order chi connectivity index (χ0) is 9.84. The molecule has 1 rings (SSSR count). The second-order valence-electron chi connectivity index (χ2n) is 3.31. The van der Waals surface area contributed by atoms with E-state index in [4.69, 9.17) is 11.6 Å². The van der Waals surface area contributed by atoms with Gasteiger partial charge < -0.3 is 5.32 Å². The van der Waals surface area contributed by atoms with Crippen LogP contribution in [0.4, 0.5) is 5.82 Å². The number of nitrogens with zero attached hydrogens (tertiary/aromatic N) is 1. The molecule has 0 spiro atoms. The fourth-order valence-corrected chi connectivity index (χ4v) is 1.32. The number of aromatic nitrogens is 1. The molecule has 13 heavy (non-hydrogen) atoms. The lowest BCUT2D eigenvalue weighted by atomic mass is 10.2. The molecule has 0 radical (unpaired) electrons. The zero-order valence-corrected chi connectivity index (χ0v) is 9.02. The fourth-order valence-electron chi connectivity index (χ4n) is 1.05. The van der Waals surface area contributed by atoms with Crippen LogP contribution in [0, 0.1) is 6.92 Å². The van der Waals surface area contributed by atoms with Crippen molar-refractivity contribution < 1.29 is 0 Å². The Kier molecular flexibility index (Phi) is 3.55. The lowest BCUT2D eigenvalue weighted by Gasteiger charge is -2.12. The summed E-state index contributed by atoms with van der Waals surface area (Å²) < 4.78 is 0. The van der Waals surface area contributed by atoms with E-state index in [1.807, 2.05) is 19.1 Å². The van der Waals surface area contributed by atoms with Gasteiger partial charge in [0, 0.05) is 6.04 Å². The maximum absolute atomic E-state index is 5.83. The zero-order valence-electron chi connectivity index (χ0n) is 8.26. The number of hydrogen-bond acceptors (Lipinski definition) is 2. The van der Waals surface area contributed by atoms with Crippen LogP contribution in [0.25, 0.3) is 0 Å². The summed E-state index contributed by atoms with van der Waals surface area (Å²) in [4.78, 5) is 4.18. The molecule has 0 aliphatic carbocycles. The number of rotatable bonds is 3. The van der Waals surface area contributed by atoms with Crippen molar-refractivity contribution in [1.82, 2.24) is 4.98 Å².